The quantitative estimate of drug-likeness (QED) is 0.286. The molecule has 0 bridgehead atoms. The van der Waals surface area contributed by atoms with E-state index in [-0.39, 0.29) is 6.61 Å². The van der Waals surface area contributed by atoms with Crippen LogP contribution in [0.15, 0.2) is 59.2 Å². The summed E-state index contributed by atoms with van der Waals surface area (Å²) in [5.41, 5.74) is 4.82. The maximum absolute atomic E-state index is 6.16. The Morgan fingerprint density at radius 2 is 2.00 bits per heavy atom. The number of aromatic nitrogens is 2. The van der Waals surface area contributed by atoms with Crippen LogP contribution in [-0.2, 0) is 11.4 Å². The number of rotatable bonds is 5. The molecule has 0 aliphatic carbocycles. The second-order valence-electron chi connectivity index (χ2n) is 6.01. The number of nitrogens with zero attached hydrogens (tertiary/aromatic N) is 3. The molecule has 0 fully saturated rings. The summed E-state index contributed by atoms with van der Waals surface area (Å²) in [6.07, 6.45) is 3.66. The van der Waals surface area contributed by atoms with Gasteiger partial charge < -0.3 is 4.84 Å². The standard InChI is InChI=1S/C20H15Cl2N3OS/c1-13-2-4-14(5-3-13)19-18(25-8-9-27-20(25)24-19)11-23-26-12-15-6-7-16(21)10-17(15)22/h2-11H,12H2,1H3. The van der Waals surface area contributed by atoms with E-state index in [0.717, 1.165) is 27.5 Å². The predicted molar refractivity (Wildman–Crippen MR) is 112 cm³/mol. The number of halogens is 2. The molecule has 0 amide bonds. The fourth-order valence-corrected chi connectivity index (χ4v) is 3.87. The van der Waals surface area contributed by atoms with Crippen molar-refractivity contribution < 1.29 is 4.84 Å². The molecular weight excluding hydrogens is 401 g/mol. The molecule has 0 unspecified atom stereocenters. The van der Waals surface area contributed by atoms with Crippen LogP contribution in [-0.4, -0.2) is 15.6 Å². The number of imidazole rings is 1. The van der Waals surface area contributed by atoms with Crippen LogP contribution in [0, 0.1) is 6.92 Å². The molecule has 27 heavy (non-hydrogen) atoms. The normalized spacial score (nSPS) is 11.5. The third-order valence-electron chi connectivity index (χ3n) is 4.11. The van der Waals surface area contributed by atoms with E-state index in [1.54, 1.807) is 29.7 Å². The molecule has 2 aromatic carbocycles. The van der Waals surface area contributed by atoms with E-state index in [4.69, 9.17) is 33.0 Å². The van der Waals surface area contributed by atoms with Gasteiger partial charge in [-0.05, 0) is 19.1 Å². The zero-order valence-electron chi connectivity index (χ0n) is 14.4. The number of aryl methyl sites for hydroxylation is 1. The summed E-state index contributed by atoms with van der Waals surface area (Å²) in [5.74, 6) is 0. The van der Waals surface area contributed by atoms with Crippen molar-refractivity contribution in [3.8, 4) is 11.3 Å². The second-order valence-corrected chi connectivity index (χ2v) is 7.73. The van der Waals surface area contributed by atoms with Gasteiger partial charge in [-0.1, -0.05) is 64.3 Å². The van der Waals surface area contributed by atoms with Gasteiger partial charge in [0.25, 0.3) is 0 Å². The van der Waals surface area contributed by atoms with E-state index in [2.05, 4.69) is 36.3 Å². The smallest absolute Gasteiger partial charge is 0.194 e. The Balaban J connectivity index is 1.59. The lowest BCUT2D eigenvalue weighted by atomic mass is 10.1. The van der Waals surface area contributed by atoms with Crippen LogP contribution in [0.5, 0.6) is 0 Å². The molecule has 0 saturated carbocycles. The van der Waals surface area contributed by atoms with Gasteiger partial charge in [0.05, 0.1) is 17.6 Å². The lowest BCUT2D eigenvalue weighted by Crippen LogP contribution is -1.94. The molecule has 2 heterocycles. The minimum atomic E-state index is 0.262. The third-order valence-corrected chi connectivity index (χ3v) is 5.45. The third kappa shape index (κ3) is 3.86. The van der Waals surface area contributed by atoms with Crippen LogP contribution < -0.4 is 0 Å². The van der Waals surface area contributed by atoms with Gasteiger partial charge in [-0.3, -0.25) is 4.40 Å². The molecular formula is C20H15Cl2N3OS. The summed E-state index contributed by atoms with van der Waals surface area (Å²) in [7, 11) is 0. The van der Waals surface area contributed by atoms with Gasteiger partial charge >= 0.3 is 0 Å². The minimum absolute atomic E-state index is 0.262. The highest BCUT2D eigenvalue weighted by Gasteiger charge is 2.13. The number of benzene rings is 2. The maximum atomic E-state index is 6.16. The van der Waals surface area contributed by atoms with Crippen molar-refractivity contribution in [2.24, 2.45) is 5.16 Å². The number of thiazole rings is 1. The topological polar surface area (TPSA) is 38.9 Å². The summed E-state index contributed by atoms with van der Waals surface area (Å²) in [5, 5.41) is 7.28. The van der Waals surface area contributed by atoms with Crippen molar-refractivity contribution >= 4 is 45.7 Å². The first-order valence-electron chi connectivity index (χ1n) is 8.23. The molecule has 0 atom stereocenters. The van der Waals surface area contributed by atoms with Gasteiger partial charge in [-0.25, -0.2) is 4.98 Å². The van der Waals surface area contributed by atoms with Crippen LogP contribution in [0.25, 0.3) is 16.2 Å². The molecule has 7 heteroatoms. The monoisotopic (exact) mass is 415 g/mol. The lowest BCUT2D eigenvalue weighted by Gasteiger charge is -2.03. The Hall–Kier alpha value is -2.34. The van der Waals surface area contributed by atoms with Gasteiger partial charge in [0.15, 0.2) is 4.96 Å². The molecule has 0 radical (unpaired) electrons. The number of hydrogen-bond donors (Lipinski definition) is 0. The molecule has 0 saturated heterocycles. The second kappa shape index (κ2) is 7.72. The Kier molecular flexibility index (Phi) is 5.16. The Morgan fingerprint density at radius 3 is 2.78 bits per heavy atom. The summed E-state index contributed by atoms with van der Waals surface area (Å²) in [4.78, 5) is 11.1. The summed E-state index contributed by atoms with van der Waals surface area (Å²) in [6, 6.07) is 13.6. The van der Waals surface area contributed by atoms with Gasteiger partial charge in [0, 0.05) is 32.7 Å². The molecule has 4 rings (SSSR count). The average molecular weight is 416 g/mol. The van der Waals surface area contributed by atoms with Crippen molar-refractivity contribution in [1.82, 2.24) is 9.38 Å². The van der Waals surface area contributed by atoms with Crippen molar-refractivity contribution in [3.05, 3.63) is 80.9 Å². The SMILES string of the molecule is Cc1ccc(-c2nc3sccn3c2C=NOCc2ccc(Cl)cc2Cl)cc1. The maximum Gasteiger partial charge on any atom is 0.194 e. The first-order valence-corrected chi connectivity index (χ1v) is 9.87. The van der Waals surface area contributed by atoms with Crippen molar-refractivity contribution in [3.63, 3.8) is 0 Å². The van der Waals surface area contributed by atoms with E-state index in [0.29, 0.717) is 10.0 Å². The first kappa shape index (κ1) is 18.0. The highest BCUT2D eigenvalue weighted by molar-refractivity contribution is 7.15. The van der Waals surface area contributed by atoms with Gasteiger partial charge in [-0.15, -0.1) is 11.3 Å². The highest BCUT2D eigenvalue weighted by atomic mass is 35.5. The molecule has 136 valence electrons. The fraction of sp³-hybridized carbons (Fsp3) is 0.100. The van der Waals surface area contributed by atoms with Crippen LogP contribution in [0.2, 0.25) is 10.0 Å². The van der Waals surface area contributed by atoms with Crippen LogP contribution >= 0.6 is 34.5 Å². The van der Waals surface area contributed by atoms with E-state index < -0.39 is 0 Å². The molecule has 0 aliphatic heterocycles. The molecule has 2 aromatic heterocycles. The largest absolute Gasteiger partial charge is 0.391 e. The Bertz CT molecular complexity index is 1120. The molecule has 0 N–H and O–H groups in total. The fourth-order valence-electron chi connectivity index (χ4n) is 2.68. The van der Waals surface area contributed by atoms with Crippen molar-refractivity contribution in [2.45, 2.75) is 13.5 Å². The van der Waals surface area contributed by atoms with Crippen LogP contribution in [0.1, 0.15) is 16.8 Å². The van der Waals surface area contributed by atoms with Crippen LogP contribution in [0.4, 0.5) is 0 Å². The summed E-state index contributed by atoms with van der Waals surface area (Å²) >= 11 is 13.7. The van der Waals surface area contributed by atoms with E-state index >= 15 is 0 Å². The number of fused-ring (bicyclic) bond motifs is 1. The van der Waals surface area contributed by atoms with Crippen molar-refractivity contribution in [1.29, 1.82) is 0 Å². The van der Waals surface area contributed by atoms with Gasteiger partial charge in [0.2, 0.25) is 0 Å². The number of oxime groups is 1. The Morgan fingerprint density at radius 1 is 1.19 bits per heavy atom. The van der Waals surface area contributed by atoms with E-state index in [1.165, 1.54) is 5.56 Å². The molecule has 0 spiro atoms. The van der Waals surface area contributed by atoms with E-state index in [9.17, 15) is 0 Å². The minimum Gasteiger partial charge on any atom is -0.391 e. The van der Waals surface area contributed by atoms with Crippen molar-refractivity contribution in [2.75, 3.05) is 0 Å². The zero-order valence-corrected chi connectivity index (χ0v) is 16.7. The predicted octanol–water partition coefficient (Wildman–Crippen LogP) is 6.23. The summed E-state index contributed by atoms with van der Waals surface area (Å²) < 4.78 is 2.00. The average Bonchev–Trinajstić information content (AvgIpc) is 3.23. The van der Waals surface area contributed by atoms with Gasteiger partial charge in [-0.2, -0.15) is 0 Å². The van der Waals surface area contributed by atoms with E-state index in [1.807, 2.05) is 22.0 Å². The number of hydrogen-bond acceptors (Lipinski definition) is 4. The first-order chi connectivity index (χ1) is 13.1. The lowest BCUT2D eigenvalue weighted by molar-refractivity contribution is 0.132. The highest BCUT2D eigenvalue weighted by Crippen LogP contribution is 2.26. The zero-order chi connectivity index (χ0) is 18.8. The Labute approximate surface area is 170 Å². The molecule has 4 nitrogen and oxygen atoms in total. The van der Waals surface area contributed by atoms with Crippen LogP contribution in [0.3, 0.4) is 0 Å². The molecule has 4 aromatic rings. The van der Waals surface area contributed by atoms with Gasteiger partial charge in [0.1, 0.15) is 6.61 Å². The molecule has 0 aliphatic rings. The summed E-state index contributed by atoms with van der Waals surface area (Å²) in [6.45, 7) is 2.32.